The first-order chi connectivity index (χ1) is 10.1. The van der Waals surface area contributed by atoms with Crippen molar-refractivity contribution in [3.63, 3.8) is 0 Å². The highest BCUT2D eigenvalue weighted by Crippen LogP contribution is 2.26. The minimum absolute atomic E-state index is 0.402. The number of hydrogen-bond donors (Lipinski definition) is 1. The van der Waals surface area contributed by atoms with E-state index in [1.807, 2.05) is 30.3 Å². The smallest absolute Gasteiger partial charge is 0.311 e. The van der Waals surface area contributed by atoms with Gasteiger partial charge in [0, 0.05) is 0 Å². The Balaban J connectivity index is 2.28. The summed E-state index contributed by atoms with van der Waals surface area (Å²) in [7, 11) is 3.16. The van der Waals surface area contributed by atoms with Crippen molar-refractivity contribution in [1.29, 1.82) is 0 Å². The van der Waals surface area contributed by atoms with Gasteiger partial charge in [-0.2, -0.15) is 0 Å². The second kappa shape index (κ2) is 6.79. The van der Waals surface area contributed by atoms with Crippen molar-refractivity contribution in [2.45, 2.75) is 12.3 Å². The molecule has 0 aliphatic carbocycles. The highest BCUT2D eigenvalue weighted by molar-refractivity contribution is 5.76. The molecule has 0 heterocycles. The molecule has 1 N–H and O–H groups in total. The van der Waals surface area contributed by atoms with Gasteiger partial charge in [0.25, 0.3) is 0 Å². The Labute approximate surface area is 123 Å². The van der Waals surface area contributed by atoms with Gasteiger partial charge in [-0.25, -0.2) is 0 Å². The standard InChI is InChI=1S/C17H18O4/c1-20-14-7-3-5-12(9-14)10-16(17(18)19)13-6-4-8-15(11-13)21-2/h3-9,11,16H,10H2,1-2H3,(H,18,19). The first-order valence-electron chi connectivity index (χ1n) is 6.63. The van der Waals surface area contributed by atoms with Crippen molar-refractivity contribution in [3.8, 4) is 11.5 Å². The van der Waals surface area contributed by atoms with Gasteiger partial charge >= 0.3 is 5.97 Å². The predicted octanol–water partition coefficient (Wildman–Crippen LogP) is 3.11. The number of benzene rings is 2. The summed E-state index contributed by atoms with van der Waals surface area (Å²) in [6, 6.07) is 14.6. The van der Waals surface area contributed by atoms with E-state index in [1.165, 1.54) is 0 Å². The second-order valence-electron chi connectivity index (χ2n) is 4.72. The van der Waals surface area contributed by atoms with Crippen molar-refractivity contribution < 1.29 is 19.4 Å². The Kier molecular flexibility index (Phi) is 4.82. The van der Waals surface area contributed by atoms with Gasteiger partial charge in [0.05, 0.1) is 20.1 Å². The van der Waals surface area contributed by atoms with E-state index in [0.717, 1.165) is 16.9 Å². The highest BCUT2D eigenvalue weighted by atomic mass is 16.5. The minimum atomic E-state index is -0.855. The maximum Gasteiger partial charge on any atom is 0.311 e. The molecule has 0 bridgehead atoms. The van der Waals surface area contributed by atoms with E-state index in [2.05, 4.69) is 0 Å². The summed E-state index contributed by atoms with van der Waals surface area (Å²) in [6.45, 7) is 0. The summed E-state index contributed by atoms with van der Waals surface area (Å²) < 4.78 is 10.3. The van der Waals surface area contributed by atoms with Gasteiger partial charge in [0.15, 0.2) is 0 Å². The number of rotatable bonds is 6. The average molecular weight is 286 g/mol. The SMILES string of the molecule is COc1cccc(CC(C(=O)O)c2cccc(OC)c2)c1. The number of aliphatic carboxylic acids is 1. The van der Waals surface area contributed by atoms with Crippen LogP contribution in [0.5, 0.6) is 11.5 Å². The minimum Gasteiger partial charge on any atom is -0.497 e. The third-order valence-corrected chi connectivity index (χ3v) is 3.37. The predicted molar refractivity (Wildman–Crippen MR) is 80.1 cm³/mol. The van der Waals surface area contributed by atoms with Gasteiger partial charge in [-0.15, -0.1) is 0 Å². The Bertz CT molecular complexity index is 622. The lowest BCUT2D eigenvalue weighted by molar-refractivity contribution is -0.138. The molecule has 0 aliphatic heterocycles. The molecule has 21 heavy (non-hydrogen) atoms. The van der Waals surface area contributed by atoms with Gasteiger partial charge in [-0.1, -0.05) is 24.3 Å². The van der Waals surface area contributed by atoms with Crippen LogP contribution in [0.3, 0.4) is 0 Å². The van der Waals surface area contributed by atoms with Gasteiger partial charge in [0.1, 0.15) is 11.5 Å². The van der Waals surface area contributed by atoms with Gasteiger partial charge < -0.3 is 14.6 Å². The Morgan fingerprint density at radius 3 is 2.29 bits per heavy atom. The molecule has 0 aromatic heterocycles. The molecule has 4 nitrogen and oxygen atoms in total. The molecule has 0 fully saturated rings. The van der Waals surface area contributed by atoms with Crippen molar-refractivity contribution in [3.05, 3.63) is 59.7 Å². The van der Waals surface area contributed by atoms with Crippen molar-refractivity contribution in [2.24, 2.45) is 0 Å². The summed E-state index contributed by atoms with van der Waals surface area (Å²) in [5, 5.41) is 9.51. The molecule has 4 heteroatoms. The molecule has 2 rings (SSSR count). The zero-order valence-electron chi connectivity index (χ0n) is 12.1. The normalized spacial score (nSPS) is 11.7. The van der Waals surface area contributed by atoms with Gasteiger partial charge in [-0.05, 0) is 41.8 Å². The lowest BCUT2D eigenvalue weighted by atomic mass is 9.92. The van der Waals surface area contributed by atoms with Crippen LogP contribution in [-0.4, -0.2) is 25.3 Å². The Morgan fingerprint density at radius 2 is 1.67 bits per heavy atom. The lowest BCUT2D eigenvalue weighted by Crippen LogP contribution is -2.14. The summed E-state index contributed by atoms with van der Waals surface area (Å²) in [5.74, 6) is -0.0926. The maximum absolute atomic E-state index is 11.6. The zero-order chi connectivity index (χ0) is 15.2. The number of carbonyl (C=O) groups is 1. The molecular formula is C17H18O4. The Morgan fingerprint density at radius 1 is 1.05 bits per heavy atom. The molecule has 0 saturated carbocycles. The highest BCUT2D eigenvalue weighted by Gasteiger charge is 2.21. The van der Waals surface area contributed by atoms with E-state index >= 15 is 0 Å². The average Bonchev–Trinajstić information content (AvgIpc) is 2.52. The molecule has 0 amide bonds. The maximum atomic E-state index is 11.6. The van der Waals surface area contributed by atoms with Crippen LogP contribution in [0.15, 0.2) is 48.5 Å². The second-order valence-corrected chi connectivity index (χ2v) is 4.72. The third-order valence-electron chi connectivity index (χ3n) is 3.37. The zero-order valence-corrected chi connectivity index (χ0v) is 12.1. The molecule has 0 saturated heterocycles. The largest absolute Gasteiger partial charge is 0.497 e. The molecule has 0 aliphatic rings. The summed E-state index contributed by atoms with van der Waals surface area (Å²) in [4.78, 5) is 11.6. The molecule has 2 aromatic rings. The van der Waals surface area contributed by atoms with Crippen molar-refractivity contribution in [1.82, 2.24) is 0 Å². The molecule has 1 atom stereocenters. The van der Waals surface area contributed by atoms with Crippen LogP contribution >= 0.6 is 0 Å². The van der Waals surface area contributed by atoms with Crippen molar-refractivity contribution in [2.75, 3.05) is 14.2 Å². The van der Waals surface area contributed by atoms with Crippen LogP contribution in [-0.2, 0) is 11.2 Å². The molecule has 0 radical (unpaired) electrons. The van der Waals surface area contributed by atoms with Gasteiger partial charge in [-0.3, -0.25) is 4.79 Å². The van der Waals surface area contributed by atoms with Crippen LogP contribution in [0.1, 0.15) is 17.0 Å². The molecule has 0 spiro atoms. The van der Waals surface area contributed by atoms with Crippen LogP contribution in [0.25, 0.3) is 0 Å². The lowest BCUT2D eigenvalue weighted by Gasteiger charge is -2.14. The number of hydrogen-bond acceptors (Lipinski definition) is 3. The molecule has 2 aromatic carbocycles. The molecule has 1 unspecified atom stereocenters. The summed E-state index contributed by atoms with van der Waals surface area (Å²) in [5.41, 5.74) is 1.65. The number of carboxylic acids is 1. The third kappa shape index (κ3) is 3.75. The van der Waals surface area contributed by atoms with Gasteiger partial charge in [0.2, 0.25) is 0 Å². The van der Waals surface area contributed by atoms with E-state index < -0.39 is 11.9 Å². The Hall–Kier alpha value is -2.49. The van der Waals surface area contributed by atoms with E-state index in [4.69, 9.17) is 9.47 Å². The van der Waals surface area contributed by atoms with E-state index in [0.29, 0.717) is 12.2 Å². The first-order valence-corrected chi connectivity index (χ1v) is 6.63. The monoisotopic (exact) mass is 286 g/mol. The number of ether oxygens (including phenoxy) is 2. The van der Waals surface area contributed by atoms with Crippen LogP contribution < -0.4 is 9.47 Å². The fourth-order valence-electron chi connectivity index (χ4n) is 2.24. The quantitative estimate of drug-likeness (QED) is 0.886. The summed E-state index contributed by atoms with van der Waals surface area (Å²) >= 11 is 0. The molecular weight excluding hydrogens is 268 g/mol. The molecule has 110 valence electrons. The van der Waals surface area contributed by atoms with Crippen molar-refractivity contribution >= 4 is 5.97 Å². The van der Waals surface area contributed by atoms with Crippen LogP contribution in [0.4, 0.5) is 0 Å². The van der Waals surface area contributed by atoms with E-state index in [-0.39, 0.29) is 0 Å². The van der Waals surface area contributed by atoms with Crippen LogP contribution in [0, 0.1) is 0 Å². The fraction of sp³-hybridized carbons (Fsp3) is 0.235. The first kappa shape index (κ1) is 14.9. The fourth-order valence-corrected chi connectivity index (χ4v) is 2.24. The van der Waals surface area contributed by atoms with E-state index in [9.17, 15) is 9.90 Å². The number of methoxy groups -OCH3 is 2. The van der Waals surface area contributed by atoms with Crippen LogP contribution in [0.2, 0.25) is 0 Å². The topological polar surface area (TPSA) is 55.8 Å². The van der Waals surface area contributed by atoms with E-state index in [1.54, 1.807) is 32.4 Å². The summed E-state index contributed by atoms with van der Waals surface area (Å²) in [6.07, 6.45) is 0.402. The number of carboxylic acid groups (broad SMARTS) is 1.